The fourth-order valence-electron chi connectivity index (χ4n) is 1.90. The SMILES string of the molecule is C[C@@]1(COC(=O)CC2OCCO2)CCCO1. The van der Waals surface area contributed by atoms with Gasteiger partial charge in [-0.1, -0.05) is 0 Å². The maximum absolute atomic E-state index is 11.5. The molecule has 2 fully saturated rings. The highest BCUT2D eigenvalue weighted by atomic mass is 16.7. The van der Waals surface area contributed by atoms with Crippen molar-refractivity contribution >= 4 is 5.97 Å². The van der Waals surface area contributed by atoms with Crippen LogP contribution >= 0.6 is 0 Å². The van der Waals surface area contributed by atoms with Gasteiger partial charge in [0.15, 0.2) is 6.29 Å². The lowest BCUT2D eigenvalue weighted by Crippen LogP contribution is -2.31. The van der Waals surface area contributed by atoms with Gasteiger partial charge in [0.2, 0.25) is 0 Å². The van der Waals surface area contributed by atoms with Crippen LogP contribution in [0.5, 0.6) is 0 Å². The third kappa shape index (κ3) is 3.17. The molecule has 2 rings (SSSR count). The second-order valence-electron chi connectivity index (χ2n) is 4.44. The molecule has 0 spiro atoms. The number of rotatable bonds is 4. The van der Waals surface area contributed by atoms with Gasteiger partial charge in [-0.15, -0.1) is 0 Å². The molecule has 0 unspecified atom stereocenters. The summed E-state index contributed by atoms with van der Waals surface area (Å²) in [6.45, 7) is 4.15. The Bertz CT molecular complexity index is 241. The second kappa shape index (κ2) is 5.12. The van der Waals surface area contributed by atoms with Crippen LogP contribution in [0, 0.1) is 0 Å². The van der Waals surface area contributed by atoms with Crippen LogP contribution in [0.15, 0.2) is 0 Å². The van der Waals surface area contributed by atoms with E-state index >= 15 is 0 Å². The molecule has 0 saturated carbocycles. The molecule has 16 heavy (non-hydrogen) atoms. The Hall–Kier alpha value is -0.650. The van der Waals surface area contributed by atoms with Gasteiger partial charge in [-0.25, -0.2) is 0 Å². The zero-order chi connectivity index (χ0) is 11.4. The van der Waals surface area contributed by atoms with E-state index in [0.29, 0.717) is 19.8 Å². The van der Waals surface area contributed by atoms with Crippen LogP contribution in [-0.4, -0.2) is 44.3 Å². The lowest BCUT2D eigenvalue weighted by atomic mass is 10.0. The normalized spacial score (nSPS) is 30.8. The van der Waals surface area contributed by atoms with Crippen LogP contribution in [0.1, 0.15) is 26.2 Å². The van der Waals surface area contributed by atoms with Crippen molar-refractivity contribution in [2.75, 3.05) is 26.4 Å². The predicted octanol–water partition coefficient (Wildman–Crippen LogP) is 0.862. The van der Waals surface area contributed by atoms with Gasteiger partial charge in [0.1, 0.15) is 6.61 Å². The quantitative estimate of drug-likeness (QED) is 0.670. The molecule has 0 aliphatic carbocycles. The zero-order valence-electron chi connectivity index (χ0n) is 9.57. The molecule has 1 atom stereocenters. The van der Waals surface area contributed by atoms with Crippen LogP contribution < -0.4 is 0 Å². The summed E-state index contributed by atoms with van der Waals surface area (Å²) >= 11 is 0. The molecule has 2 heterocycles. The van der Waals surface area contributed by atoms with Crippen molar-refractivity contribution in [1.29, 1.82) is 0 Å². The highest BCUT2D eigenvalue weighted by Gasteiger charge is 2.32. The van der Waals surface area contributed by atoms with Crippen molar-refractivity contribution in [3.63, 3.8) is 0 Å². The Kier molecular flexibility index (Phi) is 3.78. The van der Waals surface area contributed by atoms with Crippen molar-refractivity contribution in [3.05, 3.63) is 0 Å². The van der Waals surface area contributed by atoms with Gasteiger partial charge in [-0.2, -0.15) is 0 Å². The minimum absolute atomic E-state index is 0.163. The topological polar surface area (TPSA) is 54.0 Å². The van der Waals surface area contributed by atoms with Crippen molar-refractivity contribution in [2.45, 2.75) is 38.1 Å². The predicted molar refractivity (Wildman–Crippen MR) is 54.9 cm³/mol. The molecule has 0 amide bonds. The lowest BCUT2D eigenvalue weighted by molar-refractivity contribution is -0.159. The van der Waals surface area contributed by atoms with Crippen molar-refractivity contribution in [3.8, 4) is 0 Å². The Morgan fingerprint density at radius 1 is 1.38 bits per heavy atom. The summed E-state index contributed by atoms with van der Waals surface area (Å²) in [4.78, 5) is 11.5. The van der Waals surface area contributed by atoms with Crippen LogP contribution in [0.2, 0.25) is 0 Å². The van der Waals surface area contributed by atoms with Gasteiger partial charge in [0.25, 0.3) is 0 Å². The van der Waals surface area contributed by atoms with Crippen LogP contribution in [0.25, 0.3) is 0 Å². The van der Waals surface area contributed by atoms with E-state index in [4.69, 9.17) is 18.9 Å². The maximum atomic E-state index is 11.5. The molecule has 92 valence electrons. The third-order valence-electron chi connectivity index (χ3n) is 2.86. The van der Waals surface area contributed by atoms with Gasteiger partial charge < -0.3 is 18.9 Å². The van der Waals surface area contributed by atoms with Gasteiger partial charge in [-0.05, 0) is 19.8 Å². The van der Waals surface area contributed by atoms with E-state index in [-0.39, 0.29) is 18.0 Å². The summed E-state index contributed by atoms with van der Waals surface area (Å²) in [5, 5.41) is 0. The number of hydrogen-bond donors (Lipinski definition) is 0. The average Bonchev–Trinajstić information content (AvgIpc) is 2.88. The fourth-order valence-corrected chi connectivity index (χ4v) is 1.90. The average molecular weight is 230 g/mol. The first kappa shape index (κ1) is 11.8. The Morgan fingerprint density at radius 3 is 2.75 bits per heavy atom. The summed E-state index contributed by atoms with van der Waals surface area (Å²) in [6, 6.07) is 0. The molecule has 0 N–H and O–H groups in total. The first-order valence-corrected chi connectivity index (χ1v) is 5.71. The monoisotopic (exact) mass is 230 g/mol. The smallest absolute Gasteiger partial charge is 0.311 e. The molecule has 0 aromatic heterocycles. The number of ether oxygens (including phenoxy) is 4. The first-order valence-electron chi connectivity index (χ1n) is 5.71. The highest BCUT2D eigenvalue weighted by Crippen LogP contribution is 2.25. The molecule has 0 bridgehead atoms. The Morgan fingerprint density at radius 2 is 2.12 bits per heavy atom. The fraction of sp³-hybridized carbons (Fsp3) is 0.909. The van der Waals surface area contributed by atoms with E-state index in [2.05, 4.69) is 0 Å². The van der Waals surface area contributed by atoms with Gasteiger partial charge in [-0.3, -0.25) is 4.79 Å². The molecular weight excluding hydrogens is 212 g/mol. The molecule has 2 saturated heterocycles. The summed E-state index contributed by atoms with van der Waals surface area (Å²) in [5.74, 6) is -0.288. The van der Waals surface area contributed by atoms with Crippen LogP contribution in [-0.2, 0) is 23.7 Å². The molecule has 0 aromatic carbocycles. The van der Waals surface area contributed by atoms with E-state index in [0.717, 1.165) is 19.4 Å². The minimum Gasteiger partial charge on any atom is -0.462 e. The van der Waals surface area contributed by atoms with E-state index in [9.17, 15) is 4.79 Å². The Labute approximate surface area is 95.0 Å². The number of carbonyl (C=O) groups excluding carboxylic acids is 1. The number of carbonyl (C=O) groups is 1. The summed E-state index contributed by atoms with van der Waals surface area (Å²) in [7, 11) is 0. The summed E-state index contributed by atoms with van der Waals surface area (Å²) < 4.78 is 21.0. The lowest BCUT2D eigenvalue weighted by Gasteiger charge is -2.22. The highest BCUT2D eigenvalue weighted by molar-refractivity contribution is 5.69. The molecule has 2 aliphatic heterocycles. The van der Waals surface area contributed by atoms with E-state index in [1.807, 2.05) is 6.92 Å². The van der Waals surface area contributed by atoms with Crippen molar-refractivity contribution in [2.24, 2.45) is 0 Å². The second-order valence-corrected chi connectivity index (χ2v) is 4.44. The largest absolute Gasteiger partial charge is 0.462 e. The van der Waals surface area contributed by atoms with Gasteiger partial charge in [0, 0.05) is 6.61 Å². The molecule has 0 radical (unpaired) electrons. The van der Waals surface area contributed by atoms with E-state index in [1.165, 1.54) is 0 Å². The number of hydrogen-bond acceptors (Lipinski definition) is 5. The first-order chi connectivity index (χ1) is 7.68. The molecule has 2 aliphatic rings. The molecule has 5 heteroatoms. The van der Waals surface area contributed by atoms with Crippen molar-refractivity contribution in [1.82, 2.24) is 0 Å². The zero-order valence-corrected chi connectivity index (χ0v) is 9.57. The third-order valence-corrected chi connectivity index (χ3v) is 2.86. The number of esters is 1. The van der Waals surface area contributed by atoms with Gasteiger partial charge >= 0.3 is 5.97 Å². The minimum atomic E-state index is -0.426. The van der Waals surface area contributed by atoms with E-state index in [1.54, 1.807) is 0 Å². The van der Waals surface area contributed by atoms with Crippen LogP contribution in [0.3, 0.4) is 0 Å². The summed E-state index contributed by atoms with van der Waals surface area (Å²) in [5.41, 5.74) is -0.299. The maximum Gasteiger partial charge on any atom is 0.311 e. The molecule has 0 aromatic rings. The summed E-state index contributed by atoms with van der Waals surface area (Å²) in [6.07, 6.45) is 1.71. The Balaban J connectivity index is 1.66. The molecule has 5 nitrogen and oxygen atoms in total. The van der Waals surface area contributed by atoms with Crippen LogP contribution in [0.4, 0.5) is 0 Å². The standard InChI is InChI=1S/C11H18O5/c1-11(3-2-4-16-11)8-15-9(12)7-10-13-5-6-14-10/h10H,2-8H2,1H3/t11-/m0/s1. The van der Waals surface area contributed by atoms with Crippen molar-refractivity contribution < 1.29 is 23.7 Å². The molecular formula is C11H18O5. The van der Waals surface area contributed by atoms with Gasteiger partial charge in [0.05, 0.1) is 25.2 Å². The van der Waals surface area contributed by atoms with E-state index < -0.39 is 6.29 Å².